The highest BCUT2D eigenvalue weighted by Crippen LogP contribution is 2.15. The van der Waals surface area contributed by atoms with Gasteiger partial charge in [0.15, 0.2) is 0 Å². The van der Waals surface area contributed by atoms with Gasteiger partial charge in [-0.25, -0.2) is 0 Å². The van der Waals surface area contributed by atoms with Crippen molar-refractivity contribution < 1.29 is 9.90 Å². The molecule has 0 saturated carbocycles. The number of nitrogens with zero attached hydrogens (tertiary/aromatic N) is 1. The van der Waals surface area contributed by atoms with E-state index in [9.17, 15) is 9.90 Å². The van der Waals surface area contributed by atoms with E-state index in [1.807, 2.05) is 60.7 Å². The van der Waals surface area contributed by atoms with Gasteiger partial charge in [-0.05, 0) is 29.7 Å². The Balaban J connectivity index is 1.50. The minimum absolute atomic E-state index is 0.0626. The van der Waals surface area contributed by atoms with Crippen molar-refractivity contribution in [2.75, 3.05) is 6.54 Å². The van der Waals surface area contributed by atoms with Gasteiger partial charge in [-0.3, -0.25) is 9.78 Å². The number of para-hydroxylation sites is 1. The topological polar surface area (TPSA) is 62.2 Å². The number of pyridine rings is 1. The van der Waals surface area contributed by atoms with Crippen LogP contribution in [0.5, 0.6) is 0 Å². The van der Waals surface area contributed by atoms with Crippen LogP contribution in [-0.4, -0.2) is 22.5 Å². The minimum atomic E-state index is -0.561. The molecule has 3 rings (SSSR count). The highest BCUT2D eigenvalue weighted by Gasteiger charge is 2.09. The van der Waals surface area contributed by atoms with Gasteiger partial charge in [0, 0.05) is 18.1 Å². The zero-order valence-corrected chi connectivity index (χ0v) is 13.4. The van der Waals surface area contributed by atoms with E-state index in [2.05, 4.69) is 10.3 Å². The number of benzene rings is 2. The van der Waals surface area contributed by atoms with Crippen LogP contribution >= 0.6 is 0 Å². The molecule has 122 valence electrons. The first kappa shape index (κ1) is 16.1. The maximum atomic E-state index is 12.0. The Morgan fingerprint density at radius 2 is 1.83 bits per heavy atom. The first-order valence-corrected chi connectivity index (χ1v) is 8.06. The van der Waals surface area contributed by atoms with Crippen molar-refractivity contribution in [1.29, 1.82) is 0 Å². The fraction of sp³-hybridized carbons (Fsp3) is 0.200. The van der Waals surface area contributed by atoms with Gasteiger partial charge in [0.2, 0.25) is 5.91 Å². The number of hydrogen-bond acceptors (Lipinski definition) is 3. The fourth-order valence-corrected chi connectivity index (χ4v) is 2.65. The molecule has 4 heteroatoms. The smallest absolute Gasteiger partial charge is 0.224 e. The quantitative estimate of drug-likeness (QED) is 0.734. The van der Waals surface area contributed by atoms with Gasteiger partial charge in [-0.2, -0.15) is 0 Å². The molecule has 0 spiro atoms. The van der Waals surface area contributed by atoms with Gasteiger partial charge >= 0.3 is 0 Å². The molecule has 24 heavy (non-hydrogen) atoms. The SMILES string of the molecule is O=C(Cc1cnc2ccccc2c1)NCC[C@H](O)c1ccccc1. The standard InChI is InChI=1S/C20H20N2O2/c23-19(16-6-2-1-3-7-16)10-11-21-20(24)13-15-12-17-8-4-5-9-18(17)22-14-15/h1-9,12,14,19,23H,10-11,13H2,(H,21,24)/t19-/m0/s1. The van der Waals surface area contributed by atoms with Crippen LogP contribution < -0.4 is 5.32 Å². The lowest BCUT2D eigenvalue weighted by atomic mass is 10.1. The maximum Gasteiger partial charge on any atom is 0.224 e. The van der Waals surface area contributed by atoms with Crippen molar-refractivity contribution in [1.82, 2.24) is 10.3 Å². The maximum absolute atomic E-state index is 12.0. The van der Waals surface area contributed by atoms with Crippen LogP contribution in [-0.2, 0) is 11.2 Å². The van der Waals surface area contributed by atoms with Crippen LogP contribution in [0.4, 0.5) is 0 Å². The molecule has 0 aliphatic heterocycles. The highest BCUT2D eigenvalue weighted by molar-refractivity contribution is 5.82. The van der Waals surface area contributed by atoms with Crippen molar-refractivity contribution in [3.8, 4) is 0 Å². The van der Waals surface area contributed by atoms with Crippen molar-refractivity contribution >= 4 is 16.8 Å². The lowest BCUT2D eigenvalue weighted by Gasteiger charge is -2.11. The van der Waals surface area contributed by atoms with Crippen molar-refractivity contribution in [2.24, 2.45) is 0 Å². The number of carbonyl (C=O) groups excluding carboxylic acids is 1. The average molecular weight is 320 g/mol. The normalized spacial score (nSPS) is 12.0. The Morgan fingerprint density at radius 3 is 2.67 bits per heavy atom. The van der Waals surface area contributed by atoms with Gasteiger partial charge < -0.3 is 10.4 Å². The van der Waals surface area contributed by atoms with E-state index >= 15 is 0 Å². The third-order valence-corrected chi connectivity index (χ3v) is 3.94. The summed E-state index contributed by atoms with van der Waals surface area (Å²) in [6.45, 7) is 0.440. The number of aliphatic hydroxyl groups is 1. The van der Waals surface area contributed by atoms with E-state index < -0.39 is 6.10 Å². The number of fused-ring (bicyclic) bond motifs is 1. The van der Waals surface area contributed by atoms with Crippen LogP contribution in [0.15, 0.2) is 66.9 Å². The Morgan fingerprint density at radius 1 is 1.08 bits per heavy atom. The highest BCUT2D eigenvalue weighted by atomic mass is 16.3. The van der Waals surface area contributed by atoms with Crippen LogP contribution in [0.2, 0.25) is 0 Å². The zero-order chi connectivity index (χ0) is 16.8. The fourth-order valence-electron chi connectivity index (χ4n) is 2.65. The van der Waals surface area contributed by atoms with Gasteiger partial charge in [-0.15, -0.1) is 0 Å². The molecule has 0 aliphatic carbocycles. The number of nitrogens with one attached hydrogen (secondary N) is 1. The summed E-state index contributed by atoms with van der Waals surface area (Å²) in [5.41, 5.74) is 2.67. The summed E-state index contributed by atoms with van der Waals surface area (Å²) in [6, 6.07) is 19.3. The first-order valence-electron chi connectivity index (χ1n) is 8.06. The number of rotatable bonds is 6. The molecule has 0 fully saturated rings. The Hall–Kier alpha value is -2.72. The van der Waals surface area contributed by atoms with Crippen molar-refractivity contribution in [3.05, 3.63) is 78.0 Å². The molecule has 2 N–H and O–H groups in total. The van der Waals surface area contributed by atoms with E-state index in [1.54, 1.807) is 6.20 Å². The molecule has 0 aliphatic rings. The van der Waals surface area contributed by atoms with Crippen LogP contribution in [0.25, 0.3) is 10.9 Å². The summed E-state index contributed by atoms with van der Waals surface area (Å²) in [6.07, 6.45) is 1.96. The summed E-state index contributed by atoms with van der Waals surface area (Å²) >= 11 is 0. The van der Waals surface area contributed by atoms with Gasteiger partial charge in [0.05, 0.1) is 18.0 Å². The predicted molar refractivity (Wildman–Crippen MR) is 94.5 cm³/mol. The Bertz CT molecular complexity index is 818. The Labute approximate surface area is 141 Å². The van der Waals surface area contributed by atoms with E-state index in [1.165, 1.54) is 0 Å². The second-order valence-electron chi connectivity index (χ2n) is 5.78. The van der Waals surface area contributed by atoms with Crippen molar-refractivity contribution in [3.63, 3.8) is 0 Å². The van der Waals surface area contributed by atoms with E-state index in [-0.39, 0.29) is 5.91 Å². The van der Waals surface area contributed by atoms with E-state index in [4.69, 9.17) is 0 Å². The largest absolute Gasteiger partial charge is 0.388 e. The molecular weight excluding hydrogens is 300 g/mol. The van der Waals surface area contributed by atoms with Gasteiger partial charge in [-0.1, -0.05) is 48.5 Å². The average Bonchev–Trinajstić information content (AvgIpc) is 2.62. The number of carbonyl (C=O) groups is 1. The molecule has 0 bridgehead atoms. The van der Waals surface area contributed by atoms with Crippen LogP contribution in [0.3, 0.4) is 0 Å². The first-order chi connectivity index (χ1) is 11.7. The second kappa shape index (κ2) is 7.70. The lowest BCUT2D eigenvalue weighted by molar-refractivity contribution is -0.120. The molecule has 1 heterocycles. The summed E-state index contributed by atoms with van der Waals surface area (Å²) in [7, 11) is 0. The van der Waals surface area contributed by atoms with Crippen molar-refractivity contribution in [2.45, 2.75) is 18.9 Å². The van der Waals surface area contributed by atoms with E-state index in [0.717, 1.165) is 22.0 Å². The summed E-state index contributed by atoms with van der Waals surface area (Å²) in [5, 5.41) is 14.0. The lowest BCUT2D eigenvalue weighted by Crippen LogP contribution is -2.27. The number of aromatic nitrogens is 1. The third-order valence-electron chi connectivity index (χ3n) is 3.94. The molecule has 0 radical (unpaired) electrons. The molecule has 1 amide bonds. The summed E-state index contributed by atoms with van der Waals surface area (Å²) in [4.78, 5) is 16.4. The Kier molecular flexibility index (Phi) is 5.18. The summed E-state index contributed by atoms with van der Waals surface area (Å²) < 4.78 is 0. The van der Waals surface area contributed by atoms with Gasteiger partial charge in [0.1, 0.15) is 0 Å². The number of amides is 1. The molecule has 1 aromatic heterocycles. The molecule has 0 saturated heterocycles. The molecule has 2 aromatic carbocycles. The molecule has 4 nitrogen and oxygen atoms in total. The molecule has 3 aromatic rings. The third kappa shape index (κ3) is 4.18. The molecule has 1 atom stereocenters. The second-order valence-corrected chi connectivity index (χ2v) is 5.78. The van der Waals surface area contributed by atoms with Crippen LogP contribution in [0.1, 0.15) is 23.7 Å². The molecular formula is C20H20N2O2. The molecule has 0 unspecified atom stereocenters. The van der Waals surface area contributed by atoms with E-state index in [0.29, 0.717) is 19.4 Å². The number of aliphatic hydroxyl groups excluding tert-OH is 1. The van der Waals surface area contributed by atoms with Crippen LogP contribution in [0, 0.1) is 0 Å². The number of hydrogen-bond donors (Lipinski definition) is 2. The summed E-state index contributed by atoms with van der Waals surface area (Å²) in [5.74, 6) is -0.0626. The minimum Gasteiger partial charge on any atom is -0.388 e. The predicted octanol–water partition coefficient (Wildman–Crippen LogP) is 3.02. The van der Waals surface area contributed by atoms with Gasteiger partial charge in [0.25, 0.3) is 0 Å². The monoisotopic (exact) mass is 320 g/mol. The zero-order valence-electron chi connectivity index (χ0n) is 13.4.